The average Bonchev–Trinajstić information content (AvgIpc) is 2.89. The van der Waals surface area contributed by atoms with E-state index in [0.29, 0.717) is 0 Å². The smallest absolute Gasteiger partial charge is 0.00485 e. The molecule has 0 aliphatic carbocycles. The van der Waals surface area contributed by atoms with Crippen molar-refractivity contribution in [3.05, 3.63) is 70.4 Å². The zero-order valence-electron chi connectivity index (χ0n) is 9.60. The third-order valence-corrected chi connectivity index (χ3v) is 4.04. The predicted molar refractivity (Wildman–Crippen MR) is 75.7 cm³/mol. The Morgan fingerprint density at radius 2 is 1.65 bits per heavy atom. The molecular formula is C16H14S. The number of hydrogen-bond donors (Lipinski definition) is 0. The molecule has 3 aromatic rings. The second kappa shape index (κ2) is 4.72. The first-order chi connectivity index (χ1) is 8.43. The van der Waals surface area contributed by atoms with Crippen molar-refractivity contribution in [2.45, 2.75) is 12.8 Å². The Morgan fingerprint density at radius 3 is 2.53 bits per heavy atom. The standard InChI is InChI=1S/C16H14S/c1-2-9-16-13(5-1)6-3-7-14(16)10-11-15-8-4-12-17-15/h1-9,12H,10-11H2. The lowest BCUT2D eigenvalue weighted by Gasteiger charge is -2.05. The van der Waals surface area contributed by atoms with Gasteiger partial charge in [-0.15, -0.1) is 11.3 Å². The van der Waals surface area contributed by atoms with Gasteiger partial charge in [0.25, 0.3) is 0 Å². The van der Waals surface area contributed by atoms with Gasteiger partial charge in [-0.1, -0.05) is 48.5 Å². The Balaban J connectivity index is 1.90. The maximum Gasteiger partial charge on any atom is 0.00485 e. The normalized spacial score (nSPS) is 10.8. The Labute approximate surface area is 106 Å². The zero-order valence-corrected chi connectivity index (χ0v) is 10.4. The molecule has 2 aromatic carbocycles. The number of thiophene rings is 1. The summed E-state index contributed by atoms with van der Waals surface area (Å²) in [7, 11) is 0. The first-order valence-electron chi connectivity index (χ1n) is 5.92. The highest BCUT2D eigenvalue weighted by molar-refractivity contribution is 7.09. The molecule has 1 heterocycles. The van der Waals surface area contributed by atoms with E-state index in [9.17, 15) is 0 Å². The minimum Gasteiger partial charge on any atom is -0.149 e. The Morgan fingerprint density at radius 1 is 0.765 bits per heavy atom. The summed E-state index contributed by atoms with van der Waals surface area (Å²) in [5.74, 6) is 0. The van der Waals surface area contributed by atoms with Crippen molar-refractivity contribution in [2.75, 3.05) is 0 Å². The Hall–Kier alpha value is -1.60. The van der Waals surface area contributed by atoms with Crippen molar-refractivity contribution in [1.82, 2.24) is 0 Å². The lowest BCUT2D eigenvalue weighted by Crippen LogP contribution is -1.90. The van der Waals surface area contributed by atoms with Gasteiger partial charge in [0, 0.05) is 4.88 Å². The van der Waals surface area contributed by atoms with Crippen LogP contribution in [0.25, 0.3) is 10.8 Å². The summed E-state index contributed by atoms with van der Waals surface area (Å²) < 4.78 is 0. The molecule has 0 saturated carbocycles. The first kappa shape index (κ1) is 10.5. The topological polar surface area (TPSA) is 0 Å². The number of hydrogen-bond acceptors (Lipinski definition) is 1. The van der Waals surface area contributed by atoms with Crippen LogP contribution in [0.2, 0.25) is 0 Å². The molecule has 3 rings (SSSR count). The second-order valence-electron chi connectivity index (χ2n) is 4.22. The minimum absolute atomic E-state index is 1.13. The molecule has 0 N–H and O–H groups in total. The van der Waals surface area contributed by atoms with Crippen molar-refractivity contribution < 1.29 is 0 Å². The Kier molecular flexibility index (Phi) is 2.93. The molecule has 84 valence electrons. The fraction of sp³-hybridized carbons (Fsp3) is 0.125. The minimum atomic E-state index is 1.13. The lowest BCUT2D eigenvalue weighted by atomic mass is 10.0. The molecule has 1 aromatic heterocycles. The molecule has 17 heavy (non-hydrogen) atoms. The van der Waals surface area contributed by atoms with Crippen LogP contribution in [0.15, 0.2) is 60.0 Å². The van der Waals surface area contributed by atoms with Crippen LogP contribution < -0.4 is 0 Å². The van der Waals surface area contributed by atoms with Gasteiger partial charge in [-0.05, 0) is 40.6 Å². The van der Waals surface area contributed by atoms with Crippen LogP contribution in [0.3, 0.4) is 0 Å². The maximum atomic E-state index is 2.25. The number of fused-ring (bicyclic) bond motifs is 1. The van der Waals surface area contributed by atoms with E-state index in [0.717, 1.165) is 12.8 Å². The third-order valence-electron chi connectivity index (χ3n) is 3.10. The molecule has 0 saturated heterocycles. The molecule has 0 aliphatic rings. The summed E-state index contributed by atoms with van der Waals surface area (Å²) in [5, 5.41) is 4.89. The van der Waals surface area contributed by atoms with Gasteiger partial charge in [-0.25, -0.2) is 0 Å². The average molecular weight is 238 g/mol. The van der Waals surface area contributed by atoms with Gasteiger partial charge in [0.05, 0.1) is 0 Å². The summed E-state index contributed by atoms with van der Waals surface area (Å²) >= 11 is 1.85. The molecule has 0 fully saturated rings. The SMILES string of the molecule is c1csc(CCc2cccc3ccccc23)c1. The first-order valence-corrected chi connectivity index (χ1v) is 6.80. The van der Waals surface area contributed by atoms with Gasteiger partial charge in [0.2, 0.25) is 0 Å². The zero-order chi connectivity index (χ0) is 11.5. The summed E-state index contributed by atoms with van der Waals surface area (Å²) in [4.78, 5) is 1.47. The van der Waals surface area contributed by atoms with Gasteiger partial charge in [0.1, 0.15) is 0 Å². The molecule has 0 radical (unpaired) electrons. The van der Waals surface area contributed by atoms with E-state index in [1.807, 2.05) is 11.3 Å². The molecule has 0 nitrogen and oxygen atoms in total. The highest BCUT2D eigenvalue weighted by atomic mass is 32.1. The fourth-order valence-electron chi connectivity index (χ4n) is 2.22. The summed E-state index contributed by atoms with van der Waals surface area (Å²) in [6, 6.07) is 19.6. The Bertz CT molecular complexity index is 603. The van der Waals surface area contributed by atoms with Gasteiger partial charge in [-0.2, -0.15) is 0 Å². The van der Waals surface area contributed by atoms with Crippen LogP contribution in [-0.4, -0.2) is 0 Å². The summed E-state index contributed by atoms with van der Waals surface area (Å²) in [5.41, 5.74) is 1.46. The van der Waals surface area contributed by atoms with Gasteiger partial charge in [0.15, 0.2) is 0 Å². The van der Waals surface area contributed by atoms with Crippen LogP contribution in [0, 0.1) is 0 Å². The van der Waals surface area contributed by atoms with Gasteiger partial charge >= 0.3 is 0 Å². The summed E-state index contributed by atoms with van der Waals surface area (Å²) in [6.07, 6.45) is 2.27. The largest absolute Gasteiger partial charge is 0.149 e. The van der Waals surface area contributed by atoms with E-state index in [1.54, 1.807) is 0 Å². The monoisotopic (exact) mass is 238 g/mol. The highest BCUT2D eigenvalue weighted by Crippen LogP contribution is 2.21. The van der Waals surface area contributed by atoms with E-state index in [4.69, 9.17) is 0 Å². The van der Waals surface area contributed by atoms with Crippen LogP contribution in [0.1, 0.15) is 10.4 Å². The molecule has 0 aliphatic heterocycles. The van der Waals surface area contributed by atoms with Crippen LogP contribution in [-0.2, 0) is 12.8 Å². The van der Waals surface area contributed by atoms with Crippen molar-refractivity contribution in [3.8, 4) is 0 Å². The van der Waals surface area contributed by atoms with Crippen LogP contribution in [0.4, 0.5) is 0 Å². The van der Waals surface area contributed by atoms with Crippen LogP contribution in [0.5, 0.6) is 0 Å². The van der Waals surface area contributed by atoms with E-state index in [1.165, 1.54) is 21.2 Å². The summed E-state index contributed by atoms with van der Waals surface area (Å²) in [6.45, 7) is 0. The third kappa shape index (κ3) is 2.25. The molecule has 0 spiro atoms. The molecule has 1 heteroatoms. The van der Waals surface area contributed by atoms with Crippen molar-refractivity contribution in [2.24, 2.45) is 0 Å². The van der Waals surface area contributed by atoms with Crippen LogP contribution >= 0.6 is 11.3 Å². The highest BCUT2D eigenvalue weighted by Gasteiger charge is 2.01. The van der Waals surface area contributed by atoms with Crippen molar-refractivity contribution >= 4 is 22.1 Å². The maximum absolute atomic E-state index is 2.25. The van der Waals surface area contributed by atoms with E-state index >= 15 is 0 Å². The number of aryl methyl sites for hydroxylation is 2. The van der Waals surface area contributed by atoms with E-state index in [2.05, 4.69) is 60.0 Å². The molecule has 0 unspecified atom stereocenters. The quantitative estimate of drug-likeness (QED) is 0.621. The van der Waals surface area contributed by atoms with Crippen molar-refractivity contribution in [3.63, 3.8) is 0 Å². The van der Waals surface area contributed by atoms with Gasteiger partial charge < -0.3 is 0 Å². The van der Waals surface area contributed by atoms with Crippen molar-refractivity contribution in [1.29, 1.82) is 0 Å². The molecule has 0 bridgehead atoms. The fourth-order valence-corrected chi connectivity index (χ4v) is 2.93. The second-order valence-corrected chi connectivity index (χ2v) is 5.25. The van der Waals surface area contributed by atoms with E-state index in [-0.39, 0.29) is 0 Å². The molecule has 0 atom stereocenters. The predicted octanol–water partition coefficient (Wildman–Crippen LogP) is 4.69. The molecule has 0 amide bonds. The lowest BCUT2D eigenvalue weighted by molar-refractivity contribution is 0.991. The number of benzene rings is 2. The molecular weight excluding hydrogens is 224 g/mol. The van der Waals surface area contributed by atoms with E-state index < -0.39 is 0 Å². The van der Waals surface area contributed by atoms with Gasteiger partial charge in [-0.3, -0.25) is 0 Å². The number of rotatable bonds is 3.